The molecule has 1 aliphatic rings. The van der Waals surface area contributed by atoms with Crippen LogP contribution in [0.4, 0.5) is 0 Å². The number of hydrogen-bond donors (Lipinski definition) is 0. The van der Waals surface area contributed by atoms with Gasteiger partial charge in [0.25, 0.3) is 0 Å². The van der Waals surface area contributed by atoms with Crippen LogP contribution in [0.15, 0.2) is 12.3 Å². The lowest BCUT2D eigenvalue weighted by Crippen LogP contribution is -2.07. The summed E-state index contributed by atoms with van der Waals surface area (Å²) in [5.41, 5.74) is 1.05. The Hall–Kier alpha value is -0.830. The highest BCUT2D eigenvalue weighted by Gasteiger charge is 2.17. The summed E-state index contributed by atoms with van der Waals surface area (Å²) in [6, 6.07) is 2.71. The highest BCUT2D eigenvalue weighted by molar-refractivity contribution is 4.98. The minimum absolute atomic E-state index is 0.279. The van der Waals surface area contributed by atoms with E-state index in [0.29, 0.717) is 12.6 Å². The Kier molecular flexibility index (Phi) is 3.41. The molecular formula is C12H20N2O. The zero-order chi connectivity index (χ0) is 10.7. The Bertz CT molecular complexity index is 300. The van der Waals surface area contributed by atoms with Crippen LogP contribution in [0.3, 0.4) is 0 Å². The van der Waals surface area contributed by atoms with Crippen molar-refractivity contribution < 1.29 is 4.74 Å². The third-order valence-electron chi connectivity index (χ3n) is 2.93. The molecule has 0 bridgehead atoms. The first-order valence-corrected chi connectivity index (χ1v) is 5.91. The monoisotopic (exact) mass is 208 g/mol. The Morgan fingerprint density at radius 3 is 2.87 bits per heavy atom. The van der Waals surface area contributed by atoms with E-state index in [-0.39, 0.29) is 6.10 Å². The average Bonchev–Trinajstić information content (AvgIpc) is 2.85. The summed E-state index contributed by atoms with van der Waals surface area (Å²) in [5.74, 6) is 0. The zero-order valence-electron chi connectivity index (χ0n) is 9.65. The van der Waals surface area contributed by atoms with Crippen molar-refractivity contribution >= 4 is 0 Å². The van der Waals surface area contributed by atoms with Gasteiger partial charge < -0.3 is 4.74 Å². The van der Waals surface area contributed by atoms with Crippen LogP contribution >= 0.6 is 0 Å². The molecule has 0 aliphatic heterocycles. The van der Waals surface area contributed by atoms with E-state index in [1.807, 2.05) is 13.8 Å². The summed E-state index contributed by atoms with van der Waals surface area (Å²) < 4.78 is 7.65. The fourth-order valence-electron chi connectivity index (χ4n) is 2.08. The van der Waals surface area contributed by atoms with Crippen LogP contribution < -0.4 is 0 Å². The van der Waals surface area contributed by atoms with E-state index in [4.69, 9.17) is 4.74 Å². The minimum atomic E-state index is 0.279. The van der Waals surface area contributed by atoms with Crippen LogP contribution in [0, 0.1) is 0 Å². The molecule has 0 amide bonds. The lowest BCUT2D eigenvalue weighted by Gasteiger charge is -2.09. The number of rotatable bonds is 4. The van der Waals surface area contributed by atoms with Crippen molar-refractivity contribution in [3.05, 3.63) is 18.0 Å². The molecular weight excluding hydrogens is 188 g/mol. The molecule has 0 radical (unpaired) electrons. The third-order valence-corrected chi connectivity index (χ3v) is 2.93. The number of aromatic nitrogens is 2. The maximum atomic E-state index is 5.53. The molecule has 15 heavy (non-hydrogen) atoms. The molecule has 0 N–H and O–H groups in total. The van der Waals surface area contributed by atoms with E-state index in [2.05, 4.69) is 22.0 Å². The van der Waals surface area contributed by atoms with E-state index in [9.17, 15) is 0 Å². The summed E-state index contributed by atoms with van der Waals surface area (Å²) in [5, 5.41) is 4.56. The van der Waals surface area contributed by atoms with Crippen LogP contribution in [0.2, 0.25) is 0 Å². The fourth-order valence-corrected chi connectivity index (χ4v) is 2.08. The van der Waals surface area contributed by atoms with Gasteiger partial charge in [0, 0.05) is 6.20 Å². The van der Waals surface area contributed by atoms with E-state index in [0.717, 1.165) is 5.69 Å². The SMILES string of the molecule is CC(C)OCc1ccn(C2CCCC2)n1. The lowest BCUT2D eigenvalue weighted by molar-refractivity contribution is 0.0631. The first-order chi connectivity index (χ1) is 7.25. The van der Waals surface area contributed by atoms with Gasteiger partial charge in [-0.25, -0.2) is 0 Å². The second-order valence-electron chi connectivity index (χ2n) is 4.59. The topological polar surface area (TPSA) is 27.1 Å². The van der Waals surface area contributed by atoms with Gasteiger partial charge >= 0.3 is 0 Å². The smallest absolute Gasteiger partial charge is 0.0909 e. The maximum absolute atomic E-state index is 5.53. The molecule has 1 fully saturated rings. The van der Waals surface area contributed by atoms with E-state index in [1.165, 1.54) is 25.7 Å². The lowest BCUT2D eigenvalue weighted by atomic mass is 10.3. The van der Waals surface area contributed by atoms with Gasteiger partial charge in [0.1, 0.15) is 0 Å². The van der Waals surface area contributed by atoms with Crippen molar-refractivity contribution in [2.75, 3.05) is 0 Å². The number of hydrogen-bond acceptors (Lipinski definition) is 2. The Morgan fingerprint density at radius 1 is 1.47 bits per heavy atom. The highest BCUT2D eigenvalue weighted by atomic mass is 16.5. The molecule has 1 aromatic rings. The summed E-state index contributed by atoms with van der Waals surface area (Å²) >= 11 is 0. The summed E-state index contributed by atoms with van der Waals surface area (Å²) in [6.07, 6.45) is 7.64. The highest BCUT2D eigenvalue weighted by Crippen LogP contribution is 2.28. The molecule has 1 aromatic heterocycles. The van der Waals surface area contributed by atoms with Crippen molar-refractivity contribution in [3.63, 3.8) is 0 Å². The van der Waals surface area contributed by atoms with Gasteiger partial charge in [-0.1, -0.05) is 12.8 Å². The predicted molar refractivity (Wildman–Crippen MR) is 59.7 cm³/mol. The molecule has 0 saturated heterocycles. The largest absolute Gasteiger partial charge is 0.372 e. The van der Waals surface area contributed by atoms with Crippen LogP contribution in [0.25, 0.3) is 0 Å². The molecule has 1 saturated carbocycles. The van der Waals surface area contributed by atoms with Gasteiger partial charge in [0.05, 0.1) is 24.4 Å². The molecule has 84 valence electrons. The van der Waals surface area contributed by atoms with Gasteiger partial charge in [-0.3, -0.25) is 4.68 Å². The van der Waals surface area contributed by atoms with Gasteiger partial charge in [-0.2, -0.15) is 5.10 Å². The third kappa shape index (κ3) is 2.81. The minimum Gasteiger partial charge on any atom is -0.372 e. The summed E-state index contributed by atoms with van der Waals surface area (Å²) in [7, 11) is 0. The van der Waals surface area contributed by atoms with Crippen molar-refractivity contribution in [1.82, 2.24) is 9.78 Å². The fraction of sp³-hybridized carbons (Fsp3) is 0.750. The van der Waals surface area contributed by atoms with Gasteiger partial charge in [0.15, 0.2) is 0 Å². The quantitative estimate of drug-likeness (QED) is 0.760. The Morgan fingerprint density at radius 2 is 2.20 bits per heavy atom. The van der Waals surface area contributed by atoms with Crippen molar-refractivity contribution in [1.29, 1.82) is 0 Å². The van der Waals surface area contributed by atoms with Crippen LogP contribution in [0.5, 0.6) is 0 Å². The van der Waals surface area contributed by atoms with Crippen LogP contribution in [0.1, 0.15) is 51.3 Å². The molecule has 0 aromatic carbocycles. The Labute approximate surface area is 91.4 Å². The number of ether oxygens (including phenoxy) is 1. The normalized spacial score (nSPS) is 17.8. The molecule has 0 spiro atoms. The first kappa shape index (κ1) is 10.7. The summed E-state index contributed by atoms with van der Waals surface area (Å²) in [4.78, 5) is 0. The number of nitrogens with zero attached hydrogens (tertiary/aromatic N) is 2. The second-order valence-corrected chi connectivity index (χ2v) is 4.59. The second kappa shape index (κ2) is 4.79. The molecule has 1 aliphatic carbocycles. The molecule has 1 heterocycles. The van der Waals surface area contributed by atoms with E-state index < -0.39 is 0 Å². The van der Waals surface area contributed by atoms with Crippen molar-refractivity contribution in [2.45, 2.75) is 58.3 Å². The average molecular weight is 208 g/mol. The van der Waals surface area contributed by atoms with Gasteiger partial charge in [0.2, 0.25) is 0 Å². The van der Waals surface area contributed by atoms with Crippen LogP contribution in [-0.4, -0.2) is 15.9 Å². The predicted octanol–water partition coefficient (Wildman–Crippen LogP) is 2.92. The first-order valence-electron chi connectivity index (χ1n) is 5.91. The molecule has 3 heteroatoms. The van der Waals surface area contributed by atoms with E-state index in [1.54, 1.807) is 0 Å². The van der Waals surface area contributed by atoms with Crippen LogP contribution in [-0.2, 0) is 11.3 Å². The zero-order valence-corrected chi connectivity index (χ0v) is 9.65. The molecule has 0 unspecified atom stereocenters. The molecule has 3 nitrogen and oxygen atoms in total. The van der Waals surface area contributed by atoms with E-state index >= 15 is 0 Å². The molecule has 2 rings (SSSR count). The molecule has 0 atom stereocenters. The summed E-state index contributed by atoms with van der Waals surface area (Å²) in [6.45, 7) is 4.74. The standard InChI is InChI=1S/C12H20N2O/c1-10(2)15-9-11-7-8-14(13-11)12-5-3-4-6-12/h7-8,10,12H,3-6,9H2,1-2H3. The van der Waals surface area contributed by atoms with Gasteiger partial charge in [-0.15, -0.1) is 0 Å². The van der Waals surface area contributed by atoms with Crippen molar-refractivity contribution in [2.24, 2.45) is 0 Å². The maximum Gasteiger partial charge on any atom is 0.0909 e. The van der Waals surface area contributed by atoms with Gasteiger partial charge in [-0.05, 0) is 32.8 Å². The Balaban J connectivity index is 1.91. The van der Waals surface area contributed by atoms with Crippen molar-refractivity contribution in [3.8, 4) is 0 Å².